The summed E-state index contributed by atoms with van der Waals surface area (Å²) in [5.74, 6) is 1.66. The minimum atomic E-state index is -0.268. The maximum Gasteiger partial charge on any atom is 0.407 e. The van der Waals surface area contributed by atoms with Crippen molar-refractivity contribution in [2.75, 3.05) is 0 Å². The van der Waals surface area contributed by atoms with Crippen molar-refractivity contribution in [3.05, 3.63) is 35.9 Å². The highest BCUT2D eigenvalue weighted by Crippen LogP contribution is 2.41. The van der Waals surface area contributed by atoms with E-state index in [0.29, 0.717) is 12.6 Å². The lowest BCUT2D eigenvalue weighted by molar-refractivity contribution is 0.130. The summed E-state index contributed by atoms with van der Waals surface area (Å²) in [6, 6.07) is 10.1. The van der Waals surface area contributed by atoms with Crippen LogP contribution >= 0.6 is 0 Å². The molecular weight excluding hydrogens is 238 g/mol. The highest BCUT2D eigenvalue weighted by Gasteiger charge is 2.34. The zero-order valence-corrected chi connectivity index (χ0v) is 11.2. The number of rotatable bonds is 3. The van der Waals surface area contributed by atoms with Gasteiger partial charge < -0.3 is 10.1 Å². The van der Waals surface area contributed by atoms with Crippen LogP contribution in [0.25, 0.3) is 0 Å². The van der Waals surface area contributed by atoms with Gasteiger partial charge >= 0.3 is 6.09 Å². The third-order valence-electron chi connectivity index (χ3n) is 4.42. The average Bonchev–Trinajstić information content (AvgIpc) is 2.77. The molecule has 1 aromatic carbocycles. The molecule has 1 N–H and O–H groups in total. The van der Waals surface area contributed by atoms with Crippen LogP contribution in [0.3, 0.4) is 0 Å². The van der Waals surface area contributed by atoms with E-state index in [4.69, 9.17) is 4.74 Å². The summed E-state index contributed by atoms with van der Waals surface area (Å²) >= 11 is 0. The Morgan fingerprint density at radius 1 is 1.11 bits per heavy atom. The van der Waals surface area contributed by atoms with E-state index in [1.165, 1.54) is 19.3 Å². The number of nitrogens with one attached hydrogen (secondary N) is 1. The molecule has 2 bridgehead atoms. The van der Waals surface area contributed by atoms with Crippen LogP contribution in [0, 0.1) is 11.8 Å². The van der Waals surface area contributed by atoms with Gasteiger partial charge in [0, 0.05) is 6.04 Å². The van der Waals surface area contributed by atoms with Crippen molar-refractivity contribution in [2.45, 2.75) is 44.8 Å². The van der Waals surface area contributed by atoms with Crippen molar-refractivity contribution in [2.24, 2.45) is 11.8 Å². The molecular formula is C16H21NO2. The highest BCUT2D eigenvalue weighted by molar-refractivity contribution is 5.67. The molecule has 3 nitrogen and oxygen atoms in total. The third kappa shape index (κ3) is 3.28. The summed E-state index contributed by atoms with van der Waals surface area (Å²) in [5.41, 5.74) is 1.03. The average molecular weight is 259 g/mol. The monoisotopic (exact) mass is 259 g/mol. The van der Waals surface area contributed by atoms with Crippen LogP contribution in [0.4, 0.5) is 4.79 Å². The Morgan fingerprint density at radius 2 is 1.79 bits per heavy atom. The number of hydrogen-bond donors (Lipinski definition) is 1. The number of amides is 1. The zero-order valence-electron chi connectivity index (χ0n) is 11.2. The van der Waals surface area contributed by atoms with E-state index in [9.17, 15) is 4.79 Å². The quantitative estimate of drug-likeness (QED) is 0.902. The van der Waals surface area contributed by atoms with E-state index in [-0.39, 0.29) is 6.09 Å². The molecule has 1 aromatic rings. The van der Waals surface area contributed by atoms with Gasteiger partial charge in [-0.15, -0.1) is 0 Å². The molecule has 2 aliphatic rings. The molecule has 0 unspecified atom stereocenters. The summed E-state index contributed by atoms with van der Waals surface area (Å²) in [5, 5.41) is 3.03. The third-order valence-corrected chi connectivity index (χ3v) is 4.42. The Morgan fingerprint density at radius 3 is 2.47 bits per heavy atom. The van der Waals surface area contributed by atoms with Crippen LogP contribution in [-0.2, 0) is 11.3 Å². The number of alkyl carbamates (subject to hydrolysis) is 1. The van der Waals surface area contributed by atoms with Gasteiger partial charge in [0.1, 0.15) is 6.61 Å². The van der Waals surface area contributed by atoms with Crippen molar-refractivity contribution in [3.8, 4) is 0 Å². The summed E-state index contributed by atoms with van der Waals surface area (Å²) in [6.07, 6.45) is 6.07. The molecule has 0 aliphatic heterocycles. The standard InChI is InChI=1S/C16H21NO2/c18-16(19-11-12-4-2-1-3-5-12)17-15-9-13-6-7-14(8-13)10-15/h1-5,13-15H,6-11H2,(H,17,18)/t13-,14+,15+. The zero-order chi connectivity index (χ0) is 13.1. The predicted molar refractivity (Wildman–Crippen MR) is 73.6 cm³/mol. The number of carbonyl (C=O) groups is 1. The second-order valence-corrected chi connectivity index (χ2v) is 5.92. The molecule has 19 heavy (non-hydrogen) atoms. The van der Waals surface area contributed by atoms with Crippen LogP contribution in [-0.4, -0.2) is 12.1 Å². The van der Waals surface area contributed by atoms with Crippen molar-refractivity contribution >= 4 is 6.09 Å². The fraction of sp³-hybridized carbons (Fsp3) is 0.562. The van der Waals surface area contributed by atoms with Crippen molar-refractivity contribution in [3.63, 3.8) is 0 Å². The second-order valence-electron chi connectivity index (χ2n) is 5.92. The van der Waals surface area contributed by atoms with Gasteiger partial charge in [-0.05, 0) is 36.7 Å². The van der Waals surface area contributed by atoms with Gasteiger partial charge in [0.05, 0.1) is 0 Å². The van der Waals surface area contributed by atoms with Crippen molar-refractivity contribution < 1.29 is 9.53 Å². The lowest BCUT2D eigenvalue weighted by Gasteiger charge is -2.27. The van der Waals surface area contributed by atoms with Gasteiger partial charge in [0.15, 0.2) is 0 Å². The minimum absolute atomic E-state index is 0.268. The molecule has 0 saturated heterocycles. The molecule has 2 saturated carbocycles. The van der Waals surface area contributed by atoms with Crippen LogP contribution in [0.15, 0.2) is 30.3 Å². The van der Waals surface area contributed by atoms with Gasteiger partial charge in [0.2, 0.25) is 0 Å². The smallest absolute Gasteiger partial charge is 0.407 e. The number of benzene rings is 1. The fourth-order valence-corrected chi connectivity index (χ4v) is 3.56. The summed E-state index contributed by atoms with van der Waals surface area (Å²) in [6.45, 7) is 0.353. The SMILES string of the molecule is O=C(N[C@H]1C[C@@H]2CC[C@@H](C2)C1)OCc1ccccc1. The van der Waals surface area contributed by atoms with E-state index in [2.05, 4.69) is 5.32 Å². The molecule has 0 heterocycles. The minimum Gasteiger partial charge on any atom is -0.445 e. The first kappa shape index (κ1) is 12.5. The Kier molecular flexibility index (Phi) is 3.72. The Labute approximate surface area is 114 Å². The predicted octanol–water partition coefficient (Wildman–Crippen LogP) is 3.49. The Hall–Kier alpha value is -1.51. The maximum atomic E-state index is 11.8. The molecule has 0 spiro atoms. The number of carbonyl (C=O) groups excluding carboxylic acids is 1. The van der Waals surface area contributed by atoms with Gasteiger partial charge in [-0.3, -0.25) is 0 Å². The summed E-state index contributed by atoms with van der Waals surface area (Å²) in [4.78, 5) is 11.8. The molecule has 3 atom stereocenters. The first-order chi connectivity index (χ1) is 9.29. The second kappa shape index (κ2) is 5.64. The molecule has 1 amide bonds. The first-order valence-corrected chi connectivity index (χ1v) is 7.27. The van der Waals surface area contributed by atoms with Crippen molar-refractivity contribution in [1.29, 1.82) is 0 Å². The molecule has 3 heteroatoms. The number of fused-ring (bicyclic) bond motifs is 2. The van der Waals surface area contributed by atoms with E-state index in [1.54, 1.807) is 0 Å². The van der Waals surface area contributed by atoms with Crippen LogP contribution < -0.4 is 5.32 Å². The van der Waals surface area contributed by atoms with Gasteiger partial charge in [-0.25, -0.2) is 4.79 Å². The van der Waals surface area contributed by atoms with Crippen LogP contribution in [0.2, 0.25) is 0 Å². The maximum absolute atomic E-state index is 11.8. The molecule has 0 radical (unpaired) electrons. The van der Waals surface area contributed by atoms with E-state index >= 15 is 0 Å². The fourth-order valence-electron chi connectivity index (χ4n) is 3.56. The van der Waals surface area contributed by atoms with Gasteiger partial charge in [0.25, 0.3) is 0 Å². The Balaban J connectivity index is 1.44. The molecule has 0 aromatic heterocycles. The lowest BCUT2D eigenvalue weighted by Crippen LogP contribution is -2.39. The molecule has 102 valence electrons. The lowest BCUT2D eigenvalue weighted by atomic mass is 9.85. The number of ether oxygens (including phenoxy) is 1. The molecule has 2 aliphatic carbocycles. The largest absolute Gasteiger partial charge is 0.445 e. The number of hydrogen-bond acceptors (Lipinski definition) is 2. The summed E-state index contributed by atoms with van der Waals surface area (Å²) < 4.78 is 5.27. The summed E-state index contributed by atoms with van der Waals surface area (Å²) in [7, 11) is 0. The highest BCUT2D eigenvalue weighted by atomic mass is 16.5. The van der Waals surface area contributed by atoms with Crippen molar-refractivity contribution in [1.82, 2.24) is 5.32 Å². The van der Waals surface area contributed by atoms with Gasteiger partial charge in [-0.2, -0.15) is 0 Å². The van der Waals surface area contributed by atoms with Crippen LogP contribution in [0.5, 0.6) is 0 Å². The van der Waals surface area contributed by atoms with Crippen LogP contribution in [0.1, 0.15) is 37.7 Å². The topological polar surface area (TPSA) is 38.3 Å². The first-order valence-electron chi connectivity index (χ1n) is 7.27. The van der Waals surface area contributed by atoms with Gasteiger partial charge in [-0.1, -0.05) is 43.2 Å². The molecule has 2 fully saturated rings. The van der Waals surface area contributed by atoms with E-state index in [1.807, 2.05) is 30.3 Å². The normalized spacial score (nSPS) is 28.9. The molecule has 3 rings (SSSR count). The Bertz CT molecular complexity index is 420. The van der Waals surface area contributed by atoms with E-state index < -0.39 is 0 Å². The van der Waals surface area contributed by atoms with E-state index in [0.717, 1.165) is 30.2 Å².